The zero-order valence-corrected chi connectivity index (χ0v) is 13.9. The molecule has 1 aliphatic heterocycles. The summed E-state index contributed by atoms with van der Waals surface area (Å²) in [6.07, 6.45) is 0.282. The highest BCUT2D eigenvalue weighted by Gasteiger charge is 2.34. The summed E-state index contributed by atoms with van der Waals surface area (Å²) < 4.78 is 0.968. The Balaban J connectivity index is 1.93. The van der Waals surface area contributed by atoms with Gasteiger partial charge < -0.3 is 15.1 Å². The minimum atomic E-state index is -0.261. The summed E-state index contributed by atoms with van der Waals surface area (Å²) in [5.41, 5.74) is 0.840. The van der Waals surface area contributed by atoms with Crippen LogP contribution in [0, 0.1) is 5.92 Å². The fourth-order valence-corrected chi connectivity index (χ4v) is 2.57. The molecule has 0 bridgehead atoms. The molecule has 6 heteroatoms. The molecule has 0 radical (unpaired) electrons. The molecule has 0 spiro atoms. The highest BCUT2D eigenvalue weighted by molar-refractivity contribution is 9.10. The van der Waals surface area contributed by atoms with E-state index in [4.69, 9.17) is 0 Å². The molecule has 1 aromatic rings. The number of hydrogen-bond donors (Lipinski definition) is 1. The molecule has 1 unspecified atom stereocenters. The SMILES string of the molecule is CN(C)CCNC(=O)C1CC(=O)N(c2ccc(Br)cc2)C1. The van der Waals surface area contributed by atoms with E-state index in [0.29, 0.717) is 13.1 Å². The summed E-state index contributed by atoms with van der Waals surface area (Å²) >= 11 is 3.37. The minimum Gasteiger partial charge on any atom is -0.355 e. The fourth-order valence-electron chi connectivity index (χ4n) is 2.30. The Kier molecular flexibility index (Phi) is 5.36. The lowest BCUT2D eigenvalue weighted by molar-refractivity contribution is -0.126. The van der Waals surface area contributed by atoms with E-state index in [9.17, 15) is 9.59 Å². The van der Waals surface area contributed by atoms with Crippen molar-refractivity contribution >= 4 is 33.4 Å². The van der Waals surface area contributed by atoms with E-state index >= 15 is 0 Å². The van der Waals surface area contributed by atoms with Crippen molar-refractivity contribution in [3.05, 3.63) is 28.7 Å². The van der Waals surface area contributed by atoms with Gasteiger partial charge in [-0.15, -0.1) is 0 Å². The summed E-state index contributed by atoms with van der Waals surface area (Å²) in [5, 5.41) is 2.89. The summed E-state index contributed by atoms with van der Waals surface area (Å²) in [7, 11) is 3.92. The number of amides is 2. The monoisotopic (exact) mass is 353 g/mol. The van der Waals surface area contributed by atoms with Gasteiger partial charge in [-0.25, -0.2) is 0 Å². The van der Waals surface area contributed by atoms with Crippen LogP contribution in [0.2, 0.25) is 0 Å². The van der Waals surface area contributed by atoms with Gasteiger partial charge in [0.05, 0.1) is 5.92 Å². The number of carbonyl (C=O) groups excluding carboxylic acids is 2. The predicted molar refractivity (Wildman–Crippen MR) is 86.2 cm³/mol. The smallest absolute Gasteiger partial charge is 0.227 e. The Labute approximate surface area is 133 Å². The maximum absolute atomic E-state index is 12.1. The molecule has 1 aromatic carbocycles. The van der Waals surface area contributed by atoms with Crippen LogP contribution in [0.15, 0.2) is 28.7 Å². The second-order valence-electron chi connectivity index (χ2n) is 5.48. The number of rotatable bonds is 5. The van der Waals surface area contributed by atoms with Gasteiger partial charge in [-0.3, -0.25) is 9.59 Å². The van der Waals surface area contributed by atoms with Crippen molar-refractivity contribution in [3.8, 4) is 0 Å². The molecule has 2 rings (SSSR count). The molecule has 114 valence electrons. The summed E-state index contributed by atoms with van der Waals surface area (Å²) in [6, 6.07) is 7.56. The highest BCUT2D eigenvalue weighted by Crippen LogP contribution is 2.26. The number of nitrogens with one attached hydrogen (secondary N) is 1. The first-order valence-electron chi connectivity index (χ1n) is 6.95. The van der Waals surface area contributed by atoms with Crippen molar-refractivity contribution in [3.63, 3.8) is 0 Å². The van der Waals surface area contributed by atoms with Gasteiger partial charge in [0.25, 0.3) is 0 Å². The highest BCUT2D eigenvalue weighted by atomic mass is 79.9. The van der Waals surface area contributed by atoms with Gasteiger partial charge in [-0.2, -0.15) is 0 Å². The van der Waals surface area contributed by atoms with Crippen molar-refractivity contribution < 1.29 is 9.59 Å². The van der Waals surface area contributed by atoms with Crippen LogP contribution in [0.25, 0.3) is 0 Å². The molecule has 1 fully saturated rings. The number of nitrogens with zero attached hydrogens (tertiary/aromatic N) is 2. The Hall–Kier alpha value is -1.40. The van der Waals surface area contributed by atoms with Gasteiger partial charge in [0.15, 0.2) is 0 Å². The lowest BCUT2D eigenvalue weighted by Gasteiger charge is -2.17. The first-order chi connectivity index (χ1) is 9.97. The lowest BCUT2D eigenvalue weighted by Crippen LogP contribution is -2.36. The van der Waals surface area contributed by atoms with Crippen LogP contribution in [0.4, 0.5) is 5.69 Å². The van der Waals surface area contributed by atoms with E-state index in [1.54, 1.807) is 4.90 Å². The van der Waals surface area contributed by atoms with Crippen LogP contribution in [-0.4, -0.2) is 50.4 Å². The summed E-state index contributed by atoms with van der Waals surface area (Å²) in [4.78, 5) is 27.9. The standard InChI is InChI=1S/C15H20BrN3O2/c1-18(2)8-7-17-15(21)11-9-14(20)19(10-11)13-5-3-12(16)4-6-13/h3-6,11H,7-10H2,1-2H3,(H,17,21). The molecule has 0 aliphatic carbocycles. The van der Waals surface area contributed by atoms with Gasteiger partial charge in [-0.05, 0) is 38.4 Å². The first-order valence-corrected chi connectivity index (χ1v) is 7.75. The molecule has 1 atom stereocenters. The Morgan fingerprint density at radius 1 is 1.38 bits per heavy atom. The lowest BCUT2D eigenvalue weighted by atomic mass is 10.1. The Bertz CT molecular complexity index is 516. The molecule has 2 amide bonds. The Morgan fingerprint density at radius 3 is 2.67 bits per heavy atom. The third-order valence-electron chi connectivity index (χ3n) is 3.49. The second kappa shape index (κ2) is 7.04. The quantitative estimate of drug-likeness (QED) is 0.872. The van der Waals surface area contributed by atoms with E-state index < -0.39 is 0 Å². The zero-order chi connectivity index (χ0) is 15.4. The average Bonchev–Trinajstić information content (AvgIpc) is 2.81. The van der Waals surface area contributed by atoms with Crippen molar-refractivity contribution in [1.82, 2.24) is 10.2 Å². The summed E-state index contributed by atoms with van der Waals surface area (Å²) in [6.45, 7) is 1.85. The van der Waals surface area contributed by atoms with E-state index in [1.807, 2.05) is 43.3 Å². The van der Waals surface area contributed by atoms with Crippen molar-refractivity contribution in [2.75, 3.05) is 38.6 Å². The minimum absolute atomic E-state index is 0.00471. The molecule has 1 N–H and O–H groups in total. The second-order valence-corrected chi connectivity index (χ2v) is 6.39. The topological polar surface area (TPSA) is 52.7 Å². The normalized spacial score (nSPS) is 18.4. The molecular weight excluding hydrogens is 334 g/mol. The number of likely N-dealkylation sites (N-methyl/N-ethyl adjacent to an activating group) is 1. The van der Waals surface area contributed by atoms with Crippen molar-refractivity contribution in [2.45, 2.75) is 6.42 Å². The zero-order valence-electron chi connectivity index (χ0n) is 12.3. The van der Waals surface area contributed by atoms with Gasteiger partial charge in [0.2, 0.25) is 11.8 Å². The molecule has 21 heavy (non-hydrogen) atoms. The van der Waals surface area contributed by atoms with Gasteiger partial charge >= 0.3 is 0 Å². The van der Waals surface area contributed by atoms with E-state index in [-0.39, 0.29) is 24.2 Å². The average molecular weight is 354 g/mol. The van der Waals surface area contributed by atoms with Crippen molar-refractivity contribution in [2.24, 2.45) is 5.92 Å². The van der Waals surface area contributed by atoms with Gasteiger partial charge in [0.1, 0.15) is 0 Å². The molecule has 1 heterocycles. The van der Waals surface area contributed by atoms with Crippen LogP contribution >= 0.6 is 15.9 Å². The molecular formula is C15H20BrN3O2. The number of halogens is 1. The van der Waals surface area contributed by atoms with Gasteiger partial charge in [-0.1, -0.05) is 15.9 Å². The van der Waals surface area contributed by atoms with Crippen LogP contribution in [-0.2, 0) is 9.59 Å². The first kappa shape index (κ1) is 16.0. The molecule has 5 nitrogen and oxygen atoms in total. The maximum atomic E-state index is 12.1. The third kappa shape index (κ3) is 4.28. The Morgan fingerprint density at radius 2 is 2.05 bits per heavy atom. The fraction of sp³-hybridized carbons (Fsp3) is 0.467. The van der Waals surface area contributed by atoms with Crippen molar-refractivity contribution in [1.29, 1.82) is 0 Å². The molecule has 0 saturated carbocycles. The largest absolute Gasteiger partial charge is 0.355 e. The predicted octanol–water partition coefficient (Wildman–Crippen LogP) is 1.48. The summed E-state index contributed by atoms with van der Waals surface area (Å²) in [5.74, 6) is -0.293. The van der Waals surface area contributed by atoms with E-state index in [2.05, 4.69) is 21.2 Å². The van der Waals surface area contributed by atoms with Gasteiger partial charge in [0, 0.05) is 36.2 Å². The third-order valence-corrected chi connectivity index (χ3v) is 4.02. The number of hydrogen-bond acceptors (Lipinski definition) is 3. The molecule has 1 saturated heterocycles. The van der Waals surface area contributed by atoms with E-state index in [1.165, 1.54) is 0 Å². The number of carbonyl (C=O) groups is 2. The number of anilines is 1. The van der Waals surface area contributed by atoms with E-state index in [0.717, 1.165) is 16.7 Å². The van der Waals surface area contributed by atoms with Crippen LogP contribution in [0.1, 0.15) is 6.42 Å². The molecule has 0 aromatic heterocycles. The van der Waals surface area contributed by atoms with Crippen LogP contribution in [0.5, 0.6) is 0 Å². The number of benzene rings is 1. The molecule has 1 aliphatic rings. The maximum Gasteiger partial charge on any atom is 0.227 e. The van der Waals surface area contributed by atoms with Crippen LogP contribution < -0.4 is 10.2 Å². The van der Waals surface area contributed by atoms with Crippen LogP contribution in [0.3, 0.4) is 0 Å².